The van der Waals surface area contributed by atoms with Gasteiger partial charge in [0.05, 0.1) is 5.75 Å². The number of hydrogen-bond donors (Lipinski definition) is 2. The molecule has 166 valence electrons. The summed E-state index contributed by atoms with van der Waals surface area (Å²) in [5.74, 6) is -0.0309. The van der Waals surface area contributed by atoms with Gasteiger partial charge in [-0.05, 0) is 34.6 Å². The predicted molar refractivity (Wildman–Crippen MR) is 123 cm³/mol. The van der Waals surface area contributed by atoms with Crippen LogP contribution in [-0.2, 0) is 14.8 Å². The topological polar surface area (TPSA) is 84.5 Å². The first kappa shape index (κ1) is 23.0. The maximum atomic E-state index is 12.6. The lowest BCUT2D eigenvalue weighted by Gasteiger charge is -2.21. The summed E-state index contributed by atoms with van der Waals surface area (Å²) < 4.78 is 32.5. The van der Waals surface area contributed by atoms with Crippen molar-refractivity contribution in [3.8, 4) is 11.1 Å². The van der Waals surface area contributed by atoms with Crippen molar-refractivity contribution in [2.45, 2.75) is 32.2 Å². The van der Waals surface area contributed by atoms with E-state index >= 15 is 0 Å². The fourth-order valence-corrected chi connectivity index (χ4v) is 5.29. The third-order valence-electron chi connectivity index (χ3n) is 5.29. The Morgan fingerprint density at radius 2 is 1.68 bits per heavy atom. The van der Waals surface area contributed by atoms with Crippen LogP contribution in [0.5, 0.6) is 0 Å². The van der Waals surface area contributed by atoms with E-state index < -0.39 is 22.2 Å². The molecule has 1 amide bonds. The third kappa shape index (κ3) is 5.95. The van der Waals surface area contributed by atoms with E-state index in [0.29, 0.717) is 6.42 Å². The van der Waals surface area contributed by atoms with Gasteiger partial charge < -0.3 is 10.1 Å². The summed E-state index contributed by atoms with van der Waals surface area (Å²) in [7, 11) is -3.54. The summed E-state index contributed by atoms with van der Waals surface area (Å²) in [6, 6.07) is 15.7. The largest absolute Gasteiger partial charge is 0.449 e. The average Bonchev–Trinajstić information content (AvgIpc) is 3.04. The quantitative estimate of drug-likeness (QED) is 0.544. The second kappa shape index (κ2) is 10.1. The highest BCUT2D eigenvalue weighted by molar-refractivity contribution is 7.89. The lowest BCUT2D eigenvalue weighted by Crippen LogP contribution is -2.44. The lowest BCUT2D eigenvalue weighted by atomic mass is 9.98. The monoisotopic (exact) mass is 442 g/mol. The Kier molecular flexibility index (Phi) is 7.51. The fourth-order valence-electron chi connectivity index (χ4n) is 4.05. The van der Waals surface area contributed by atoms with Crippen LogP contribution in [0.2, 0.25) is 0 Å². The number of amides is 1. The van der Waals surface area contributed by atoms with Crippen LogP contribution < -0.4 is 10.0 Å². The van der Waals surface area contributed by atoms with Gasteiger partial charge in [0.25, 0.3) is 0 Å². The zero-order chi connectivity index (χ0) is 22.4. The molecule has 1 aliphatic rings. The molecule has 3 rings (SSSR count). The molecule has 0 spiro atoms. The molecule has 0 saturated heterocycles. The molecule has 0 radical (unpaired) electrons. The van der Waals surface area contributed by atoms with Gasteiger partial charge in [-0.2, -0.15) is 0 Å². The van der Waals surface area contributed by atoms with Crippen LogP contribution in [0, 0.1) is 5.92 Å². The number of carbonyl (C=O) groups excluding carboxylic acids is 1. The highest BCUT2D eigenvalue weighted by Gasteiger charge is 2.29. The Labute approximate surface area is 184 Å². The van der Waals surface area contributed by atoms with E-state index in [4.69, 9.17) is 4.74 Å². The SMILES string of the molecule is C=CCNS(=O)(=O)C[C@H](CC(C)C)NC(=O)OCC1c2ccccc2-c2ccccc21. The van der Waals surface area contributed by atoms with Crippen molar-refractivity contribution in [3.05, 3.63) is 72.3 Å². The average molecular weight is 443 g/mol. The molecule has 2 N–H and O–H groups in total. The summed E-state index contributed by atoms with van der Waals surface area (Å²) >= 11 is 0. The van der Waals surface area contributed by atoms with Crippen molar-refractivity contribution in [2.24, 2.45) is 5.92 Å². The smallest absolute Gasteiger partial charge is 0.407 e. The molecule has 0 bridgehead atoms. The second-order valence-electron chi connectivity index (χ2n) is 8.21. The number of rotatable bonds is 10. The Hall–Kier alpha value is -2.64. The van der Waals surface area contributed by atoms with E-state index in [0.717, 1.165) is 22.3 Å². The van der Waals surface area contributed by atoms with Gasteiger partial charge in [0.15, 0.2) is 0 Å². The van der Waals surface area contributed by atoms with E-state index in [-0.39, 0.29) is 30.7 Å². The molecule has 2 aromatic carbocycles. The van der Waals surface area contributed by atoms with Gasteiger partial charge in [0.2, 0.25) is 10.0 Å². The Balaban J connectivity index is 1.66. The van der Waals surface area contributed by atoms with Crippen molar-refractivity contribution < 1.29 is 17.9 Å². The Morgan fingerprint density at radius 3 is 2.23 bits per heavy atom. The second-order valence-corrected chi connectivity index (χ2v) is 10.1. The number of hydrogen-bond acceptors (Lipinski definition) is 4. The van der Waals surface area contributed by atoms with E-state index in [9.17, 15) is 13.2 Å². The maximum absolute atomic E-state index is 12.6. The molecule has 0 aliphatic heterocycles. The highest BCUT2D eigenvalue weighted by atomic mass is 32.2. The number of carbonyl (C=O) groups is 1. The zero-order valence-electron chi connectivity index (χ0n) is 18.0. The summed E-state index contributed by atoms with van der Waals surface area (Å²) in [6.45, 7) is 7.83. The summed E-state index contributed by atoms with van der Waals surface area (Å²) in [4.78, 5) is 12.6. The Bertz CT molecular complexity index is 988. The molecular formula is C24H30N2O4S. The molecule has 0 fully saturated rings. The van der Waals surface area contributed by atoms with Gasteiger partial charge in [-0.25, -0.2) is 17.9 Å². The van der Waals surface area contributed by atoms with Crippen LogP contribution >= 0.6 is 0 Å². The summed E-state index contributed by atoms with van der Waals surface area (Å²) in [6.07, 6.45) is 1.40. The minimum Gasteiger partial charge on any atom is -0.449 e. The molecule has 0 heterocycles. The van der Waals surface area contributed by atoms with Gasteiger partial charge >= 0.3 is 6.09 Å². The van der Waals surface area contributed by atoms with Crippen LogP contribution in [0.1, 0.15) is 37.3 Å². The number of ether oxygens (including phenoxy) is 1. The molecule has 0 aromatic heterocycles. The molecule has 7 heteroatoms. The molecule has 2 aromatic rings. The third-order valence-corrected chi connectivity index (χ3v) is 6.74. The standard InChI is InChI=1S/C24H30N2O4S/c1-4-13-25-31(28,29)16-18(14-17(2)3)26-24(27)30-15-23-21-11-7-5-9-19(21)20-10-6-8-12-22(20)23/h4-12,17-18,23,25H,1,13-16H2,2-3H3,(H,26,27)/t18-/m0/s1. The predicted octanol–water partition coefficient (Wildman–Crippen LogP) is 4.05. The first-order valence-corrected chi connectivity index (χ1v) is 12.2. The normalized spacial score (nSPS) is 14.0. The molecule has 0 saturated carbocycles. The van der Waals surface area contributed by atoms with Crippen LogP contribution in [0.4, 0.5) is 4.79 Å². The fraction of sp³-hybridized carbons (Fsp3) is 0.375. The van der Waals surface area contributed by atoms with Gasteiger partial charge in [0, 0.05) is 18.5 Å². The Morgan fingerprint density at radius 1 is 1.10 bits per heavy atom. The van der Waals surface area contributed by atoms with Crippen molar-refractivity contribution in [2.75, 3.05) is 18.9 Å². The molecule has 1 atom stereocenters. The minimum atomic E-state index is -3.54. The molecule has 1 aliphatic carbocycles. The van der Waals surface area contributed by atoms with Crippen LogP contribution in [0.3, 0.4) is 0 Å². The van der Waals surface area contributed by atoms with Crippen LogP contribution in [0.25, 0.3) is 11.1 Å². The number of sulfonamides is 1. The lowest BCUT2D eigenvalue weighted by molar-refractivity contribution is 0.138. The van der Waals surface area contributed by atoms with Crippen molar-refractivity contribution in [3.63, 3.8) is 0 Å². The molecule has 6 nitrogen and oxygen atoms in total. The summed E-state index contributed by atoms with van der Waals surface area (Å²) in [5, 5.41) is 2.75. The van der Waals surface area contributed by atoms with Gasteiger partial charge in [-0.15, -0.1) is 6.58 Å². The molecule has 31 heavy (non-hydrogen) atoms. The van der Waals surface area contributed by atoms with E-state index in [1.807, 2.05) is 38.1 Å². The number of nitrogens with one attached hydrogen (secondary N) is 2. The summed E-state index contributed by atoms with van der Waals surface area (Å²) in [5.41, 5.74) is 4.58. The number of benzene rings is 2. The van der Waals surface area contributed by atoms with Crippen LogP contribution in [0.15, 0.2) is 61.2 Å². The first-order chi connectivity index (χ1) is 14.8. The molecular weight excluding hydrogens is 412 g/mol. The first-order valence-electron chi connectivity index (χ1n) is 10.5. The van der Waals surface area contributed by atoms with Crippen molar-refractivity contribution >= 4 is 16.1 Å². The zero-order valence-corrected chi connectivity index (χ0v) is 18.8. The maximum Gasteiger partial charge on any atom is 0.407 e. The van der Waals surface area contributed by atoms with E-state index in [1.54, 1.807) is 0 Å². The van der Waals surface area contributed by atoms with Gasteiger partial charge in [-0.1, -0.05) is 68.5 Å². The van der Waals surface area contributed by atoms with E-state index in [2.05, 4.69) is 40.9 Å². The number of fused-ring (bicyclic) bond motifs is 3. The van der Waals surface area contributed by atoms with E-state index in [1.165, 1.54) is 6.08 Å². The van der Waals surface area contributed by atoms with Crippen molar-refractivity contribution in [1.29, 1.82) is 0 Å². The molecule has 0 unspecified atom stereocenters. The van der Waals surface area contributed by atoms with Gasteiger partial charge in [0.1, 0.15) is 6.61 Å². The van der Waals surface area contributed by atoms with Crippen LogP contribution in [-0.4, -0.2) is 39.5 Å². The van der Waals surface area contributed by atoms with Gasteiger partial charge in [-0.3, -0.25) is 0 Å². The number of alkyl carbamates (subject to hydrolysis) is 1. The highest BCUT2D eigenvalue weighted by Crippen LogP contribution is 2.44. The van der Waals surface area contributed by atoms with Crippen molar-refractivity contribution in [1.82, 2.24) is 10.0 Å². The minimum absolute atomic E-state index is 0.0420.